The molecule has 9 heteroatoms. The second kappa shape index (κ2) is 6.51. The number of aromatic nitrogens is 2. The lowest BCUT2D eigenvalue weighted by Crippen LogP contribution is -2.50. The van der Waals surface area contributed by atoms with Gasteiger partial charge in [0.05, 0.1) is 11.5 Å². The molecule has 0 N–H and O–H groups in total. The van der Waals surface area contributed by atoms with Crippen LogP contribution in [0, 0.1) is 11.3 Å². The van der Waals surface area contributed by atoms with Crippen molar-refractivity contribution in [2.24, 2.45) is 11.3 Å². The molecule has 0 amide bonds. The number of hydrogen-bond donors (Lipinski definition) is 0. The standard InChI is InChI=1S/C17H26F3N3O2S/c1-12(2)23-14(7-15(21-23)17(18,19)20)6-13(3)8-22-5-4-16(9-22)10-26(24,25)11-16/h7,12-13H,4-6,8-11H2,1-3H3/t13-/m0/s1. The molecule has 5 nitrogen and oxygen atoms in total. The van der Waals surface area contributed by atoms with Crippen molar-refractivity contribution in [2.75, 3.05) is 31.1 Å². The molecule has 2 aliphatic heterocycles. The molecule has 1 aromatic rings. The molecule has 148 valence electrons. The van der Waals surface area contributed by atoms with Crippen LogP contribution in [0.2, 0.25) is 0 Å². The monoisotopic (exact) mass is 393 g/mol. The predicted molar refractivity (Wildman–Crippen MR) is 92.6 cm³/mol. The number of likely N-dealkylation sites (tertiary alicyclic amines) is 1. The number of alkyl halides is 3. The fourth-order valence-corrected chi connectivity index (χ4v) is 6.60. The first-order valence-electron chi connectivity index (χ1n) is 8.98. The zero-order valence-corrected chi connectivity index (χ0v) is 16.2. The fourth-order valence-electron chi connectivity index (χ4n) is 4.34. The summed E-state index contributed by atoms with van der Waals surface area (Å²) in [5.41, 5.74) is -0.324. The van der Waals surface area contributed by atoms with Gasteiger partial charge < -0.3 is 4.90 Å². The summed E-state index contributed by atoms with van der Waals surface area (Å²) in [7, 11) is -2.84. The predicted octanol–water partition coefficient (Wildman–Crippen LogP) is 2.78. The zero-order chi connectivity index (χ0) is 19.3. The maximum Gasteiger partial charge on any atom is 0.435 e. The van der Waals surface area contributed by atoms with Crippen LogP contribution >= 0.6 is 0 Å². The minimum atomic E-state index is -4.44. The summed E-state index contributed by atoms with van der Waals surface area (Å²) in [5.74, 6) is 0.719. The van der Waals surface area contributed by atoms with Gasteiger partial charge >= 0.3 is 6.18 Å². The van der Waals surface area contributed by atoms with E-state index in [1.165, 1.54) is 4.68 Å². The third-order valence-corrected chi connectivity index (χ3v) is 7.39. The van der Waals surface area contributed by atoms with E-state index in [9.17, 15) is 21.6 Å². The van der Waals surface area contributed by atoms with Crippen LogP contribution < -0.4 is 0 Å². The Bertz CT molecular complexity index is 759. The molecule has 26 heavy (non-hydrogen) atoms. The first kappa shape index (κ1) is 19.7. The molecule has 2 aliphatic rings. The molecule has 0 saturated carbocycles. The van der Waals surface area contributed by atoms with Gasteiger partial charge in [0, 0.05) is 30.2 Å². The van der Waals surface area contributed by atoms with Crippen LogP contribution in [-0.4, -0.2) is 54.2 Å². The second-order valence-corrected chi connectivity index (χ2v) is 10.4. The van der Waals surface area contributed by atoms with Crippen LogP contribution in [0.1, 0.15) is 44.6 Å². The Labute approximate surface area is 152 Å². The molecule has 1 atom stereocenters. The van der Waals surface area contributed by atoms with E-state index in [-0.39, 0.29) is 28.9 Å². The highest BCUT2D eigenvalue weighted by Gasteiger charge is 2.51. The lowest BCUT2D eigenvalue weighted by atomic mass is 9.91. The zero-order valence-electron chi connectivity index (χ0n) is 15.4. The van der Waals surface area contributed by atoms with Crippen LogP contribution in [0.5, 0.6) is 0 Å². The van der Waals surface area contributed by atoms with E-state index < -0.39 is 21.7 Å². The van der Waals surface area contributed by atoms with E-state index >= 15 is 0 Å². The average Bonchev–Trinajstić information content (AvgIpc) is 3.01. The number of hydrogen-bond acceptors (Lipinski definition) is 4. The quantitative estimate of drug-likeness (QED) is 0.772. The molecule has 1 aromatic heterocycles. The van der Waals surface area contributed by atoms with Crippen LogP contribution in [0.4, 0.5) is 13.2 Å². The van der Waals surface area contributed by atoms with E-state index in [0.29, 0.717) is 12.1 Å². The minimum Gasteiger partial charge on any atom is -0.302 e. The number of rotatable bonds is 5. The third kappa shape index (κ3) is 4.08. The van der Waals surface area contributed by atoms with Gasteiger partial charge in [-0.15, -0.1) is 0 Å². The lowest BCUT2D eigenvalue weighted by Gasteiger charge is -2.37. The van der Waals surface area contributed by atoms with Crippen molar-refractivity contribution in [2.45, 2.75) is 45.8 Å². The van der Waals surface area contributed by atoms with Crippen molar-refractivity contribution in [3.8, 4) is 0 Å². The van der Waals surface area contributed by atoms with E-state index in [0.717, 1.165) is 32.1 Å². The Balaban J connectivity index is 1.62. The van der Waals surface area contributed by atoms with E-state index in [1.807, 2.05) is 20.8 Å². The summed E-state index contributed by atoms with van der Waals surface area (Å²) in [4.78, 5) is 2.25. The number of nitrogens with zero attached hydrogens (tertiary/aromatic N) is 3. The molecular weight excluding hydrogens is 367 g/mol. The maximum atomic E-state index is 13.0. The molecule has 1 spiro atoms. The Morgan fingerprint density at radius 2 is 1.92 bits per heavy atom. The van der Waals surface area contributed by atoms with E-state index in [2.05, 4.69) is 10.00 Å². The van der Waals surface area contributed by atoms with Gasteiger partial charge in [-0.3, -0.25) is 4.68 Å². The maximum absolute atomic E-state index is 13.0. The molecule has 3 heterocycles. The Morgan fingerprint density at radius 3 is 2.46 bits per heavy atom. The topological polar surface area (TPSA) is 55.2 Å². The van der Waals surface area contributed by atoms with Crippen LogP contribution in [-0.2, 0) is 22.4 Å². The number of sulfone groups is 1. The summed E-state index contributed by atoms with van der Waals surface area (Å²) in [6.45, 7) is 8.05. The van der Waals surface area contributed by atoms with Gasteiger partial charge in [0.15, 0.2) is 15.5 Å². The normalized spacial score (nSPS) is 23.5. The average molecular weight is 393 g/mol. The Hall–Kier alpha value is -1.09. The third-order valence-electron chi connectivity index (χ3n) is 5.29. The lowest BCUT2D eigenvalue weighted by molar-refractivity contribution is -0.141. The van der Waals surface area contributed by atoms with Crippen molar-refractivity contribution in [3.63, 3.8) is 0 Å². The van der Waals surface area contributed by atoms with Gasteiger partial charge in [-0.1, -0.05) is 6.92 Å². The molecule has 0 aromatic carbocycles. The van der Waals surface area contributed by atoms with Crippen molar-refractivity contribution in [1.82, 2.24) is 14.7 Å². The molecule has 3 rings (SSSR count). The summed E-state index contributed by atoms with van der Waals surface area (Å²) in [5, 5.41) is 3.74. The molecule has 0 aliphatic carbocycles. The van der Waals surface area contributed by atoms with Crippen LogP contribution in [0.25, 0.3) is 0 Å². The van der Waals surface area contributed by atoms with Gasteiger partial charge in [-0.25, -0.2) is 8.42 Å². The summed E-state index contributed by atoms with van der Waals surface area (Å²) in [6.07, 6.45) is -3.03. The summed E-state index contributed by atoms with van der Waals surface area (Å²) < 4.78 is 63.3. The first-order valence-corrected chi connectivity index (χ1v) is 10.8. The Kier molecular flexibility index (Phi) is 4.92. The molecule has 2 saturated heterocycles. The molecule has 2 fully saturated rings. The smallest absolute Gasteiger partial charge is 0.302 e. The van der Waals surface area contributed by atoms with E-state index in [1.54, 1.807) is 0 Å². The molecule has 0 bridgehead atoms. The first-order chi connectivity index (χ1) is 11.9. The van der Waals surface area contributed by atoms with Crippen molar-refractivity contribution < 1.29 is 21.6 Å². The highest BCUT2D eigenvalue weighted by molar-refractivity contribution is 7.92. The van der Waals surface area contributed by atoms with Crippen LogP contribution in [0.3, 0.4) is 0 Å². The highest BCUT2D eigenvalue weighted by Crippen LogP contribution is 2.41. The Morgan fingerprint density at radius 1 is 1.27 bits per heavy atom. The van der Waals surface area contributed by atoms with Crippen molar-refractivity contribution in [3.05, 3.63) is 17.5 Å². The summed E-state index contributed by atoms with van der Waals surface area (Å²) >= 11 is 0. The van der Waals surface area contributed by atoms with Gasteiger partial charge in [0.2, 0.25) is 0 Å². The molecule has 0 unspecified atom stereocenters. The van der Waals surface area contributed by atoms with Crippen molar-refractivity contribution in [1.29, 1.82) is 0 Å². The van der Waals surface area contributed by atoms with Crippen LogP contribution in [0.15, 0.2) is 6.07 Å². The van der Waals surface area contributed by atoms with Gasteiger partial charge in [0.1, 0.15) is 0 Å². The minimum absolute atomic E-state index is 0.0816. The molecule has 0 radical (unpaired) electrons. The van der Waals surface area contributed by atoms with E-state index in [4.69, 9.17) is 0 Å². The van der Waals surface area contributed by atoms with Crippen molar-refractivity contribution >= 4 is 9.84 Å². The SMILES string of the molecule is CC(C)n1nc(C(F)(F)F)cc1C[C@H](C)CN1CCC2(C1)CS(=O)(=O)C2. The number of halogens is 3. The fraction of sp³-hybridized carbons (Fsp3) is 0.824. The summed E-state index contributed by atoms with van der Waals surface area (Å²) in [6, 6.07) is 1.02. The molecular formula is C17H26F3N3O2S. The second-order valence-electron chi connectivity index (χ2n) is 8.38. The van der Waals surface area contributed by atoms with Gasteiger partial charge in [-0.05, 0) is 45.2 Å². The van der Waals surface area contributed by atoms with Gasteiger partial charge in [0.25, 0.3) is 0 Å². The largest absolute Gasteiger partial charge is 0.435 e. The van der Waals surface area contributed by atoms with Gasteiger partial charge in [-0.2, -0.15) is 18.3 Å². The highest BCUT2D eigenvalue weighted by atomic mass is 32.2.